The molecule has 1 aromatic carbocycles. The van der Waals surface area contributed by atoms with Gasteiger partial charge >= 0.3 is 0 Å². The Balaban J connectivity index is 0. The van der Waals surface area contributed by atoms with Crippen molar-refractivity contribution in [2.75, 3.05) is 27.2 Å². The normalized spacial score (nSPS) is 9.47. The summed E-state index contributed by atoms with van der Waals surface area (Å²) in [7, 11) is 4.02. The largest absolute Gasteiger partial charge is 0.352 e. The Kier molecular flexibility index (Phi) is 11.9. The second-order valence-corrected chi connectivity index (χ2v) is 4.34. The highest BCUT2D eigenvalue weighted by Crippen LogP contribution is 2.07. The molecule has 0 saturated heterocycles. The van der Waals surface area contributed by atoms with E-state index in [1.54, 1.807) is 0 Å². The molecule has 0 fully saturated rings. The molecule has 0 radical (unpaired) electrons. The van der Waals surface area contributed by atoms with Gasteiger partial charge < -0.3 is 16.0 Å². The monoisotopic (exact) mass is 307 g/mol. The van der Waals surface area contributed by atoms with E-state index in [1.165, 1.54) is 0 Å². The minimum atomic E-state index is -0.0287. The summed E-state index contributed by atoms with van der Waals surface area (Å²) >= 11 is 0. The number of hydrogen-bond donors (Lipinski definition) is 2. The molecule has 0 heterocycles. The van der Waals surface area contributed by atoms with Gasteiger partial charge in [0.2, 0.25) is 0 Å². The van der Waals surface area contributed by atoms with Gasteiger partial charge in [0.15, 0.2) is 0 Å². The van der Waals surface area contributed by atoms with E-state index in [4.69, 9.17) is 5.73 Å². The second kappa shape index (κ2) is 11.1. The minimum Gasteiger partial charge on any atom is -0.352 e. The molecule has 0 aliphatic rings. The van der Waals surface area contributed by atoms with Crippen molar-refractivity contribution in [3.8, 4) is 0 Å². The molecule has 0 unspecified atom stereocenters. The average molecular weight is 308 g/mol. The Morgan fingerprint density at radius 2 is 2.00 bits per heavy atom. The van der Waals surface area contributed by atoms with Crippen molar-refractivity contribution in [1.29, 1.82) is 0 Å². The molecule has 110 valence electrons. The zero-order chi connectivity index (χ0) is 12.7. The predicted molar refractivity (Wildman–Crippen MR) is 84.3 cm³/mol. The predicted octanol–water partition coefficient (Wildman–Crippen LogP) is 1.67. The maximum atomic E-state index is 11.8. The molecular formula is C13H23Cl2N3O. The van der Waals surface area contributed by atoms with E-state index in [0.29, 0.717) is 18.7 Å². The van der Waals surface area contributed by atoms with Crippen LogP contribution in [-0.2, 0) is 6.54 Å². The molecule has 0 aromatic heterocycles. The number of carbonyl (C=O) groups excluding carboxylic acids is 1. The van der Waals surface area contributed by atoms with Gasteiger partial charge in [0.1, 0.15) is 0 Å². The smallest absolute Gasteiger partial charge is 0.251 e. The van der Waals surface area contributed by atoms with E-state index in [0.717, 1.165) is 18.5 Å². The first-order chi connectivity index (χ1) is 8.13. The molecule has 0 aliphatic heterocycles. The van der Waals surface area contributed by atoms with Crippen LogP contribution < -0.4 is 11.1 Å². The van der Waals surface area contributed by atoms with Crippen molar-refractivity contribution in [3.63, 3.8) is 0 Å². The summed E-state index contributed by atoms with van der Waals surface area (Å²) in [6.45, 7) is 2.07. The van der Waals surface area contributed by atoms with Crippen molar-refractivity contribution in [3.05, 3.63) is 35.4 Å². The minimum absolute atomic E-state index is 0. The zero-order valence-electron chi connectivity index (χ0n) is 11.4. The third-order valence-electron chi connectivity index (χ3n) is 2.35. The molecule has 0 saturated carbocycles. The fraction of sp³-hybridized carbons (Fsp3) is 0.462. The maximum absolute atomic E-state index is 11.8. The summed E-state index contributed by atoms with van der Waals surface area (Å²) in [4.78, 5) is 13.9. The fourth-order valence-electron chi connectivity index (χ4n) is 1.58. The van der Waals surface area contributed by atoms with E-state index in [-0.39, 0.29) is 30.7 Å². The summed E-state index contributed by atoms with van der Waals surface area (Å²) in [5.74, 6) is -0.0287. The third-order valence-corrected chi connectivity index (χ3v) is 2.35. The highest BCUT2D eigenvalue weighted by Gasteiger charge is 2.05. The van der Waals surface area contributed by atoms with Crippen molar-refractivity contribution in [2.45, 2.75) is 13.0 Å². The molecule has 1 aromatic rings. The molecule has 0 aliphatic carbocycles. The van der Waals surface area contributed by atoms with E-state index in [1.807, 2.05) is 38.4 Å². The van der Waals surface area contributed by atoms with Crippen LogP contribution in [0.25, 0.3) is 0 Å². The lowest BCUT2D eigenvalue weighted by atomic mass is 10.1. The molecule has 1 rings (SSSR count). The van der Waals surface area contributed by atoms with Gasteiger partial charge in [-0.2, -0.15) is 0 Å². The Morgan fingerprint density at radius 1 is 1.32 bits per heavy atom. The second-order valence-electron chi connectivity index (χ2n) is 4.34. The Bertz CT molecular complexity index is 373. The molecule has 0 spiro atoms. The van der Waals surface area contributed by atoms with Crippen LogP contribution in [0.4, 0.5) is 0 Å². The van der Waals surface area contributed by atoms with Gasteiger partial charge in [0, 0.05) is 18.7 Å². The lowest BCUT2D eigenvalue weighted by Crippen LogP contribution is -2.26. The van der Waals surface area contributed by atoms with Gasteiger partial charge in [-0.25, -0.2) is 0 Å². The van der Waals surface area contributed by atoms with Crippen LogP contribution in [0, 0.1) is 0 Å². The number of halogens is 2. The van der Waals surface area contributed by atoms with Crippen LogP contribution in [0.5, 0.6) is 0 Å². The van der Waals surface area contributed by atoms with Crippen molar-refractivity contribution in [2.24, 2.45) is 5.73 Å². The number of benzene rings is 1. The highest BCUT2D eigenvalue weighted by molar-refractivity contribution is 5.94. The van der Waals surface area contributed by atoms with E-state index >= 15 is 0 Å². The SMILES string of the molecule is CN(C)Cc1cccc(C(=O)NCCCN)c1.Cl.Cl. The lowest BCUT2D eigenvalue weighted by molar-refractivity contribution is 0.0953. The maximum Gasteiger partial charge on any atom is 0.251 e. The van der Waals surface area contributed by atoms with Crippen LogP contribution in [0.2, 0.25) is 0 Å². The van der Waals surface area contributed by atoms with Gasteiger partial charge in [0.05, 0.1) is 0 Å². The third kappa shape index (κ3) is 8.06. The van der Waals surface area contributed by atoms with Crippen molar-refractivity contribution < 1.29 is 4.79 Å². The number of nitrogens with two attached hydrogens (primary N) is 1. The first-order valence-electron chi connectivity index (χ1n) is 5.85. The lowest BCUT2D eigenvalue weighted by Gasteiger charge is -2.11. The molecule has 6 heteroatoms. The van der Waals surface area contributed by atoms with E-state index in [9.17, 15) is 4.79 Å². The van der Waals surface area contributed by atoms with Crippen molar-refractivity contribution in [1.82, 2.24) is 10.2 Å². The summed E-state index contributed by atoms with van der Waals surface area (Å²) < 4.78 is 0. The number of rotatable bonds is 6. The zero-order valence-corrected chi connectivity index (χ0v) is 13.0. The van der Waals surface area contributed by atoms with Gasteiger partial charge in [0.25, 0.3) is 5.91 Å². The molecule has 0 atom stereocenters. The van der Waals surface area contributed by atoms with Gasteiger partial charge in [-0.3, -0.25) is 4.79 Å². The quantitative estimate of drug-likeness (QED) is 0.786. The van der Waals surface area contributed by atoms with E-state index < -0.39 is 0 Å². The topological polar surface area (TPSA) is 58.4 Å². The number of amides is 1. The Hall–Kier alpha value is -0.810. The summed E-state index contributed by atoms with van der Waals surface area (Å²) in [6.07, 6.45) is 0.809. The van der Waals surface area contributed by atoms with Crippen LogP contribution in [-0.4, -0.2) is 38.0 Å². The Morgan fingerprint density at radius 3 is 2.58 bits per heavy atom. The average Bonchev–Trinajstić information content (AvgIpc) is 2.28. The van der Waals surface area contributed by atoms with E-state index in [2.05, 4.69) is 10.2 Å². The summed E-state index contributed by atoms with van der Waals surface area (Å²) in [6, 6.07) is 7.70. The Labute approximate surface area is 127 Å². The van der Waals surface area contributed by atoms with Crippen molar-refractivity contribution >= 4 is 30.7 Å². The first kappa shape index (κ1) is 20.5. The molecular weight excluding hydrogens is 285 g/mol. The number of nitrogens with zero attached hydrogens (tertiary/aromatic N) is 1. The van der Waals surface area contributed by atoms with Gasteiger partial charge in [-0.15, -0.1) is 24.8 Å². The van der Waals surface area contributed by atoms with Crippen LogP contribution in [0.1, 0.15) is 22.3 Å². The van der Waals surface area contributed by atoms with Gasteiger partial charge in [-0.05, 0) is 44.8 Å². The van der Waals surface area contributed by atoms with Crippen LogP contribution in [0.3, 0.4) is 0 Å². The highest BCUT2D eigenvalue weighted by atomic mass is 35.5. The van der Waals surface area contributed by atoms with Crippen LogP contribution in [0.15, 0.2) is 24.3 Å². The molecule has 1 amide bonds. The molecule has 0 bridgehead atoms. The standard InChI is InChI=1S/C13H21N3O.2ClH/c1-16(2)10-11-5-3-6-12(9-11)13(17)15-8-4-7-14;;/h3,5-6,9H,4,7-8,10,14H2,1-2H3,(H,15,17);2*1H. The molecule has 3 N–H and O–H groups in total. The molecule has 19 heavy (non-hydrogen) atoms. The fourth-order valence-corrected chi connectivity index (χ4v) is 1.58. The summed E-state index contributed by atoms with van der Waals surface area (Å²) in [5.41, 5.74) is 7.23. The van der Waals surface area contributed by atoms with Gasteiger partial charge in [-0.1, -0.05) is 12.1 Å². The van der Waals surface area contributed by atoms with Crippen LogP contribution >= 0.6 is 24.8 Å². The number of nitrogens with one attached hydrogen (secondary N) is 1. The summed E-state index contributed by atoms with van der Waals surface area (Å²) in [5, 5.41) is 2.85. The molecule has 4 nitrogen and oxygen atoms in total. The number of carbonyl (C=O) groups is 1. The first-order valence-corrected chi connectivity index (χ1v) is 5.85. The number of hydrogen-bond acceptors (Lipinski definition) is 3.